The molecule has 1 aliphatic heterocycles. The Bertz CT molecular complexity index is 608. The minimum absolute atomic E-state index is 0.0525. The van der Waals surface area contributed by atoms with Crippen LogP contribution < -0.4 is 4.90 Å². The van der Waals surface area contributed by atoms with E-state index in [1.165, 1.54) is 0 Å². The second-order valence-electron chi connectivity index (χ2n) is 5.79. The number of fused-ring (bicyclic) bond motifs is 2. The summed E-state index contributed by atoms with van der Waals surface area (Å²) < 4.78 is 0. The fourth-order valence-electron chi connectivity index (χ4n) is 3.78. The van der Waals surface area contributed by atoms with E-state index in [2.05, 4.69) is 24.8 Å². The lowest BCUT2D eigenvalue weighted by molar-refractivity contribution is 0.0574. The number of hydrogen-bond donors (Lipinski definition) is 1. The Labute approximate surface area is 122 Å². The molecule has 2 fully saturated rings. The summed E-state index contributed by atoms with van der Waals surface area (Å²) >= 11 is 0. The first-order chi connectivity index (χ1) is 10.3. The van der Waals surface area contributed by atoms with Gasteiger partial charge in [0.15, 0.2) is 0 Å². The molecule has 0 radical (unpaired) electrons. The Balaban J connectivity index is 1.77. The molecule has 4 unspecified atom stereocenters. The van der Waals surface area contributed by atoms with Crippen molar-refractivity contribution in [2.24, 2.45) is 11.8 Å². The molecule has 1 saturated carbocycles. The van der Waals surface area contributed by atoms with Gasteiger partial charge in [0.2, 0.25) is 0 Å². The van der Waals surface area contributed by atoms with Gasteiger partial charge in [0.1, 0.15) is 18.5 Å². The quantitative estimate of drug-likeness (QED) is 0.893. The molecule has 21 heavy (non-hydrogen) atoms. The normalized spacial score (nSPS) is 31.4. The van der Waals surface area contributed by atoms with Crippen LogP contribution in [0.1, 0.15) is 24.6 Å². The first kappa shape index (κ1) is 12.6. The SMILES string of the molecule is OC1C2CCC1C(c1ccncn1)N(c1ccncn1)C2. The van der Waals surface area contributed by atoms with Crippen LogP contribution in [0.5, 0.6) is 0 Å². The van der Waals surface area contributed by atoms with Gasteiger partial charge in [-0.3, -0.25) is 0 Å². The lowest BCUT2D eigenvalue weighted by Crippen LogP contribution is -2.47. The van der Waals surface area contributed by atoms with E-state index in [1.807, 2.05) is 12.1 Å². The average molecular weight is 283 g/mol. The smallest absolute Gasteiger partial charge is 0.132 e. The number of nitrogens with zero attached hydrogens (tertiary/aromatic N) is 5. The fraction of sp³-hybridized carbons (Fsp3) is 0.467. The van der Waals surface area contributed by atoms with Crippen molar-refractivity contribution in [3.8, 4) is 0 Å². The maximum atomic E-state index is 10.5. The summed E-state index contributed by atoms with van der Waals surface area (Å²) in [6.45, 7) is 0.809. The van der Waals surface area contributed by atoms with Crippen LogP contribution in [-0.4, -0.2) is 37.7 Å². The number of rotatable bonds is 2. The topological polar surface area (TPSA) is 75.0 Å². The Morgan fingerprint density at radius 2 is 1.86 bits per heavy atom. The summed E-state index contributed by atoms with van der Waals surface area (Å²) in [5.41, 5.74) is 0.952. The number of piperidine rings is 1. The van der Waals surface area contributed by atoms with E-state index in [0.29, 0.717) is 5.92 Å². The Kier molecular flexibility index (Phi) is 3.03. The predicted molar refractivity (Wildman–Crippen MR) is 76.4 cm³/mol. The lowest BCUT2D eigenvalue weighted by Gasteiger charge is -2.43. The Morgan fingerprint density at radius 3 is 2.57 bits per heavy atom. The Hall–Kier alpha value is -2.08. The van der Waals surface area contributed by atoms with Crippen LogP contribution in [0.4, 0.5) is 5.82 Å². The van der Waals surface area contributed by atoms with E-state index in [0.717, 1.165) is 30.9 Å². The minimum atomic E-state index is -0.247. The summed E-state index contributed by atoms with van der Waals surface area (Å²) in [5.74, 6) is 1.43. The molecule has 6 heteroatoms. The number of aliphatic hydroxyl groups excluding tert-OH is 1. The van der Waals surface area contributed by atoms with E-state index in [-0.39, 0.29) is 18.1 Å². The summed E-state index contributed by atoms with van der Waals surface area (Å²) in [6.07, 6.45) is 8.50. The molecule has 108 valence electrons. The lowest BCUT2D eigenvalue weighted by atomic mass is 9.85. The maximum Gasteiger partial charge on any atom is 0.132 e. The number of aliphatic hydroxyl groups is 1. The maximum absolute atomic E-state index is 10.5. The van der Waals surface area contributed by atoms with Crippen molar-refractivity contribution in [1.82, 2.24) is 19.9 Å². The van der Waals surface area contributed by atoms with Crippen molar-refractivity contribution in [2.75, 3.05) is 11.4 Å². The molecule has 0 amide bonds. The molecule has 2 bridgehead atoms. The van der Waals surface area contributed by atoms with E-state index in [1.54, 1.807) is 25.0 Å². The Morgan fingerprint density at radius 1 is 1.05 bits per heavy atom. The highest BCUT2D eigenvalue weighted by molar-refractivity contribution is 5.42. The zero-order valence-electron chi connectivity index (χ0n) is 11.6. The molecule has 4 atom stereocenters. The first-order valence-corrected chi connectivity index (χ1v) is 7.31. The first-order valence-electron chi connectivity index (χ1n) is 7.31. The van der Waals surface area contributed by atoms with Gasteiger partial charge in [-0.15, -0.1) is 0 Å². The largest absolute Gasteiger partial charge is 0.392 e. The average Bonchev–Trinajstić information content (AvgIpc) is 2.79. The molecule has 0 spiro atoms. The van der Waals surface area contributed by atoms with E-state index >= 15 is 0 Å². The zero-order chi connectivity index (χ0) is 14.2. The summed E-state index contributed by atoms with van der Waals surface area (Å²) in [5, 5.41) is 10.5. The molecule has 3 heterocycles. The predicted octanol–water partition coefficient (Wildman–Crippen LogP) is 1.21. The van der Waals surface area contributed by atoms with Gasteiger partial charge in [0, 0.05) is 30.8 Å². The highest BCUT2D eigenvalue weighted by Gasteiger charge is 2.48. The van der Waals surface area contributed by atoms with Crippen molar-refractivity contribution in [3.05, 3.63) is 42.9 Å². The fourth-order valence-corrected chi connectivity index (χ4v) is 3.78. The monoisotopic (exact) mass is 283 g/mol. The van der Waals surface area contributed by atoms with Crippen molar-refractivity contribution in [1.29, 1.82) is 0 Å². The molecule has 1 N–H and O–H groups in total. The molecule has 2 aromatic rings. The van der Waals surface area contributed by atoms with Gasteiger partial charge in [-0.05, 0) is 25.0 Å². The zero-order valence-corrected chi connectivity index (χ0v) is 11.6. The van der Waals surface area contributed by atoms with Gasteiger partial charge in [-0.1, -0.05) is 0 Å². The molecule has 4 rings (SSSR count). The van der Waals surface area contributed by atoms with Gasteiger partial charge in [-0.2, -0.15) is 0 Å². The third-order valence-electron chi connectivity index (χ3n) is 4.73. The van der Waals surface area contributed by atoms with Crippen LogP contribution in [0, 0.1) is 11.8 Å². The van der Waals surface area contributed by atoms with Crippen LogP contribution in [0.3, 0.4) is 0 Å². The van der Waals surface area contributed by atoms with E-state index < -0.39 is 0 Å². The number of hydrogen-bond acceptors (Lipinski definition) is 6. The standard InChI is InChI=1S/C15H17N5O/c21-15-10-1-2-11(15)14(12-3-5-16-8-18-12)20(7-10)13-4-6-17-9-19-13/h3-6,8-11,14-15,21H,1-2,7H2. The second-order valence-corrected chi connectivity index (χ2v) is 5.79. The molecular weight excluding hydrogens is 266 g/mol. The number of aromatic nitrogens is 4. The van der Waals surface area contributed by atoms with Crippen molar-refractivity contribution in [2.45, 2.75) is 25.0 Å². The van der Waals surface area contributed by atoms with E-state index in [4.69, 9.17) is 0 Å². The number of anilines is 1. The van der Waals surface area contributed by atoms with Gasteiger partial charge in [0.05, 0.1) is 17.8 Å². The summed E-state index contributed by atoms with van der Waals surface area (Å²) in [7, 11) is 0. The van der Waals surface area contributed by atoms with Crippen LogP contribution in [0.25, 0.3) is 0 Å². The summed E-state index contributed by atoms with van der Waals surface area (Å²) in [6, 6.07) is 3.91. The van der Waals surface area contributed by atoms with Crippen LogP contribution in [0.2, 0.25) is 0 Å². The van der Waals surface area contributed by atoms with Gasteiger partial charge >= 0.3 is 0 Å². The van der Waals surface area contributed by atoms with E-state index in [9.17, 15) is 5.11 Å². The van der Waals surface area contributed by atoms with Gasteiger partial charge in [-0.25, -0.2) is 19.9 Å². The van der Waals surface area contributed by atoms with Crippen molar-refractivity contribution >= 4 is 5.82 Å². The van der Waals surface area contributed by atoms with Crippen LogP contribution in [0.15, 0.2) is 37.2 Å². The van der Waals surface area contributed by atoms with Crippen LogP contribution in [-0.2, 0) is 0 Å². The highest BCUT2D eigenvalue weighted by Crippen LogP contribution is 2.48. The third-order valence-corrected chi connectivity index (χ3v) is 4.73. The minimum Gasteiger partial charge on any atom is -0.392 e. The molecule has 1 saturated heterocycles. The molecule has 1 aliphatic carbocycles. The highest BCUT2D eigenvalue weighted by atomic mass is 16.3. The molecule has 0 aromatic carbocycles. The molecular formula is C15H17N5O. The molecule has 6 nitrogen and oxygen atoms in total. The van der Waals surface area contributed by atoms with Gasteiger partial charge < -0.3 is 10.0 Å². The van der Waals surface area contributed by atoms with Crippen LogP contribution >= 0.6 is 0 Å². The molecule has 2 aromatic heterocycles. The van der Waals surface area contributed by atoms with Crippen molar-refractivity contribution in [3.63, 3.8) is 0 Å². The second kappa shape index (κ2) is 5.04. The third kappa shape index (κ3) is 2.06. The van der Waals surface area contributed by atoms with Gasteiger partial charge in [0.25, 0.3) is 0 Å². The molecule has 2 aliphatic rings. The summed E-state index contributed by atoms with van der Waals surface area (Å²) in [4.78, 5) is 19.1. The van der Waals surface area contributed by atoms with Crippen molar-refractivity contribution < 1.29 is 5.11 Å².